The number of alkyl halides is 2. The SMILES string of the molecule is CN(CC(F)F)c1cc(CO)cc(C(C)(C)C)n1. The fourth-order valence-electron chi connectivity index (χ4n) is 1.54. The standard InChI is InChI=1S/C13H20F2N2O/c1-13(2,3)10-5-9(8-18)6-12(16-10)17(4)7-11(14)15/h5-6,11,18H,7-8H2,1-4H3. The molecule has 1 heterocycles. The molecule has 0 aliphatic rings. The summed E-state index contributed by atoms with van der Waals surface area (Å²) >= 11 is 0. The summed E-state index contributed by atoms with van der Waals surface area (Å²) in [6.45, 7) is 5.49. The third-order valence-electron chi connectivity index (χ3n) is 2.63. The zero-order valence-electron chi connectivity index (χ0n) is 11.2. The van der Waals surface area contributed by atoms with E-state index in [1.54, 1.807) is 19.2 Å². The summed E-state index contributed by atoms with van der Waals surface area (Å²) < 4.78 is 24.7. The molecule has 0 fully saturated rings. The Labute approximate surface area is 106 Å². The van der Waals surface area contributed by atoms with Crippen molar-refractivity contribution in [3.05, 3.63) is 23.4 Å². The Bertz CT molecular complexity index is 402. The predicted octanol–water partition coefficient (Wildman–Crippen LogP) is 2.57. The summed E-state index contributed by atoms with van der Waals surface area (Å²) in [5.74, 6) is 0.465. The van der Waals surface area contributed by atoms with Gasteiger partial charge in [0.1, 0.15) is 5.82 Å². The van der Waals surface area contributed by atoms with Gasteiger partial charge in [0.05, 0.1) is 13.2 Å². The molecule has 0 aromatic carbocycles. The second-order valence-electron chi connectivity index (χ2n) is 5.40. The van der Waals surface area contributed by atoms with Crippen LogP contribution in [0.3, 0.4) is 0 Å². The lowest BCUT2D eigenvalue weighted by Gasteiger charge is -2.23. The van der Waals surface area contributed by atoms with Crippen LogP contribution in [-0.2, 0) is 12.0 Å². The highest BCUT2D eigenvalue weighted by Crippen LogP contribution is 2.24. The number of pyridine rings is 1. The van der Waals surface area contributed by atoms with Crippen LogP contribution in [0.1, 0.15) is 32.0 Å². The lowest BCUT2D eigenvalue weighted by atomic mass is 9.91. The van der Waals surface area contributed by atoms with Crippen molar-refractivity contribution in [2.45, 2.75) is 39.2 Å². The maximum Gasteiger partial charge on any atom is 0.255 e. The van der Waals surface area contributed by atoms with Crippen LogP contribution in [0.4, 0.5) is 14.6 Å². The first-order valence-corrected chi connectivity index (χ1v) is 5.85. The molecule has 1 aromatic rings. The van der Waals surface area contributed by atoms with Gasteiger partial charge in [0.2, 0.25) is 0 Å². The second kappa shape index (κ2) is 5.61. The zero-order valence-corrected chi connectivity index (χ0v) is 11.2. The number of aliphatic hydroxyl groups is 1. The third kappa shape index (κ3) is 3.91. The number of anilines is 1. The summed E-state index contributed by atoms with van der Waals surface area (Å²) in [6.07, 6.45) is -2.41. The van der Waals surface area contributed by atoms with Gasteiger partial charge in [0.15, 0.2) is 0 Å². The van der Waals surface area contributed by atoms with E-state index in [1.165, 1.54) is 4.90 Å². The zero-order chi connectivity index (χ0) is 13.9. The Morgan fingerprint density at radius 3 is 2.39 bits per heavy atom. The van der Waals surface area contributed by atoms with Gasteiger partial charge in [-0.2, -0.15) is 0 Å². The molecule has 0 saturated carbocycles. The first-order valence-electron chi connectivity index (χ1n) is 5.85. The van der Waals surface area contributed by atoms with Crippen LogP contribution < -0.4 is 4.90 Å². The van der Waals surface area contributed by atoms with Crippen molar-refractivity contribution in [3.63, 3.8) is 0 Å². The van der Waals surface area contributed by atoms with Crippen LogP contribution in [0, 0.1) is 0 Å². The number of rotatable bonds is 4. The van der Waals surface area contributed by atoms with E-state index in [0.29, 0.717) is 11.4 Å². The maximum atomic E-state index is 12.4. The highest BCUT2D eigenvalue weighted by molar-refractivity contribution is 5.43. The number of hydrogen-bond acceptors (Lipinski definition) is 3. The van der Waals surface area contributed by atoms with Crippen LogP contribution >= 0.6 is 0 Å². The lowest BCUT2D eigenvalue weighted by Crippen LogP contribution is -2.26. The van der Waals surface area contributed by atoms with Crippen molar-refractivity contribution in [2.24, 2.45) is 0 Å². The average Bonchev–Trinajstić information content (AvgIpc) is 2.26. The van der Waals surface area contributed by atoms with Gasteiger partial charge in [0, 0.05) is 18.2 Å². The molecule has 1 N–H and O–H groups in total. The average molecular weight is 258 g/mol. The molecule has 0 atom stereocenters. The molecule has 0 bridgehead atoms. The molecule has 0 unspecified atom stereocenters. The van der Waals surface area contributed by atoms with E-state index in [2.05, 4.69) is 4.98 Å². The largest absolute Gasteiger partial charge is 0.392 e. The molecule has 0 aliphatic carbocycles. The maximum absolute atomic E-state index is 12.4. The Hall–Kier alpha value is -1.23. The van der Waals surface area contributed by atoms with E-state index in [-0.39, 0.29) is 18.6 Å². The summed E-state index contributed by atoms with van der Waals surface area (Å²) in [5, 5.41) is 9.22. The monoisotopic (exact) mass is 258 g/mol. The van der Waals surface area contributed by atoms with E-state index in [9.17, 15) is 13.9 Å². The van der Waals surface area contributed by atoms with E-state index in [1.807, 2.05) is 20.8 Å². The van der Waals surface area contributed by atoms with E-state index in [0.717, 1.165) is 5.69 Å². The number of nitrogens with zero attached hydrogens (tertiary/aromatic N) is 2. The molecule has 0 saturated heterocycles. The molecule has 5 heteroatoms. The van der Waals surface area contributed by atoms with Gasteiger partial charge in [-0.1, -0.05) is 20.8 Å². The lowest BCUT2D eigenvalue weighted by molar-refractivity contribution is 0.156. The van der Waals surface area contributed by atoms with Gasteiger partial charge >= 0.3 is 0 Å². The minimum atomic E-state index is -2.41. The van der Waals surface area contributed by atoms with Crippen LogP contribution in [0.2, 0.25) is 0 Å². The number of halogens is 2. The smallest absolute Gasteiger partial charge is 0.255 e. The molecule has 3 nitrogen and oxygen atoms in total. The van der Waals surface area contributed by atoms with Crippen LogP contribution in [0.25, 0.3) is 0 Å². The second-order valence-corrected chi connectivity index (χ2v) is 5.40. The van der Waals surface area contributed by atoms with Gasteiger partial charge in [-0.25, -0.2) is 13.8 Å². The highest BCUT2D eigenvalue weighted by atomic mass is 19.3. The molecule has 1 rings (SSSR count). The Kier molecular flexibility index (Phi) is 4.62. The topological polar surface area (TPSA) is 36.4 Å². The van der Waals surface area contributed by atoms with Crippen LogP contribution in [0.15, 0.2) is 12.1 Å². The van der Waals surface area contributed by atoms with E-state index < -0.39 is 6.43 Å². The molecule has 18 heavy (non-hydrogen) atoms. The Balaban J connectivity index is 3.12. The molecule has 0 radical (unpaired) electrons. The summed E-state index contributed by atoms with van der Waals surface area (Å²) in [4.78, 5) is 5.79. The molecule has 1 aromatic heterocycles. The van der Waals surface area contributed by atoms with Crippen molar-refractivity contribution in [1.82, 2.24) is 4.98 Å². The minimum absolute atomic E-state index is 0.124. The van der Waals surface area contributed by atoms with Gasteiger partial charge < -0.3 is 10.0 Å². The molecule has 0 amide bonds. The number of aliphatic hydroxyl groups excluding tert-OH is 1. The van der Waals surface area contributed by atoms with Crippen molar-refractivity contribution >= 4 is 5.82 Å². The molecule has 0 aliphatic heterocycles. The van der Waals surface area contributed by atoms with Gasteiger partial charge in [-0.05, 0) is 17.7 Å². The normalized spacial score (nSPS) is 12.0. The first kappa shape index (κ1) is 14.8. The van der Waals surface area contributed by atoms with Crippen molar-refractivity contribution in [3.8, 4) is 0 Å². The van der Waals surface area contributed by atoms with Crippen LogP contribution in [0.5, 0.6) is 0 Å². The van der Waals surface area contributed by atoms with Crippen molar-refractivity contribution < 1.29 is 13.9 Å². The van der Waals surface area contributed by atoms with Gasteiger partial charge in [-0.3, -0.25) is 0 Å². The molecular formula is C13H20F2N2O. The Morgan fingerprint density at radius 1 is 1.33 bits per heavy atom. The summed E-state index contributed by atoms with van der Waals surface area (Å²) in [6, 6.07) is 3.44. The molecule has 0 spiro atoms. The summed E-state index contributed by atoms with van der Waals surface area (Å²) in [5.41, 5.74) is 1.28. The number of aromatic nitrogens is 1. The molecular weight excluding hydrogens is 238 g/mol. The van der Waals surface area contributed by atoms with Gasteiger partial charge in [-0.15, -0.1) is 0 Å². The van der Waals surface area contributed by atoms with E-state index >= 15 is 0 Å². The molecule has 102 valence electrons. The fraction of sp³-hybridized carbons (Fsp3) is 0.615. The highest BCUT2D eigenvalue weighted by Gasteiger charge is 2.19. The van der Waals surface area contributed by atoms with Gasteiger partial charge in [0.25, 0.3) is 6.43 Å². The first-order chi connectivity index (χ1) is 8.24. The fourth-order valence-corrected chi connectivity index (χ4v) is 1.54. The van der Waals surface area contributed by atoms with Crippen molar-refractivity contribution in [2.75, 3.05) is 18.5 Å². The number of hydrogen-bond donors (Lipinski definition) is 1. The Morgan fingerprint density at radius 2 is 1.94 bits per heavy atom. The summed E-state index contributed by atoms with van der Waals surface area (Å²) in [7, 11) is 1.57. The third-order valence-corrected chi connectivity index (χ3v) is 2.63. The van der Waals surface area contributed by atoms with Crippen LogP contribution in [-0.4, -0.2) is 30.1 Å². The van der Waals surface area contributed by atoms with E-state index in [4.69, 9.17) is 0 Å². The quantitative estimate of drug-likeness (QED) is 0.901. The van der Waals surface area contributed by atoms with Crippen molar-refractivity contribution in [1.29, 1.82) is 0 Å². The predicted molar refractivity (Wildman–Crippen MR) is 68.1 cm³/mol. The minimum Gasteiger partial charge on any atom is -0.392 e.